The molecule has 1 aromatic rings. The van der Waals surface area contributed by atoms with Crippen LogP contribution in [0.15, 0.2) is 18.2 Å². The Morgan fingerprint density at radius 2 is 2.05 bits per heavy atom. The number of nitrogens with one attached hydrogen (secondary N) is 1. The molecule has 0 saturated heterocycles. The van der Waals surface area contributed by atoms with Crippen LogP contribution in [0.25, 0.3) is 0 Å². The third-order valence-electron chi connectivity index (χ3n) is 3.55. The molecule has 1 aliphatic rings. The molecule has 108 valence electrons. The average molecular weight is 292 g/mol. The zero-order chi connectivity index (χ0) is 14.6. The SMILES string of the molecule is Cc1cc(NS(=O)(=O)C2CCCC2)ccc1C#CCN. The second-order valence-electron chi connectivity index (χ2n) is 5.09. The van der Waals surface area contributed by atoms with E-state index in [4.69, 9.17) is 5.73 Å². The minimum Gasteiger partial charge on any atom is -0.320 e. The summed E-state index contributed by atoms with van der Waals surface area (Å²) < 4.78 is 27.1. The summed E-state index contributed by atoms with van der Waals surface area (Å²) in [6, 6.07) is 5.39. The van der Waals surface area contributed by atoms with Gasteiger partial charge < -0.3 is 5.73 Å². The Kier molecular flexibility index (Phi) is 4.69. The van der Waals surface area contributed by atoms with Gasteiger partial charge in [-0.2, -0.15) is 0 Å². The van der Waals surface area contributed by atoms with Crippen LogP contribution in [-0.4, -0.2) is 20.2 Å². The number of hydrogen-bond donors (Lipinski definition) is 2. The summed E-state index contributed by atoms with van der Waals surface area (Å²) in [6.45, 7) is 2.23. The maximum Gasteiger partial charge on any atom is 0.235 e. The molecule has 0 unspecified atom stereocenters. The first-order valence-electron chi connectivity index (χ1n) is 6.84. The van der Waals surface area contributed by atoms with Crippen LogP contribution in [0.5, 0.6) is 0 Å². The summed E-state index contributed by atoms with van der Waals surface area (Å²) in [4.78, 5) is 0. The maximum absolute atomic E-state index is 12.2. The van der Waals surface area contributed by atoms with Gasteiger partial charge in [-0.3, -0.25) is 4.72 Å². The summed E-state index contributed by atoms with van der Waals surface area (Å²) >= 11 is 0. The topological polar surface area (TPSA) is 72.2 Å². The van der Waals surface area contributed by atoms with E-state index < -0.39 is 10.0 Å². The van der Waals surface area contributed by atoms with Gasteiger partial charge >= 0.3 is 0 Å². The molecular weight excluding hydrogens is 272 g/mol. The summed E-state index contributed by atoms with van der Waals surface area (Å²) in [5, 5.41) is -0.250. The monoisotopic (exact) mass is 292 g/mol. The number of aryl methyl sites for hydroxylation is 1. The van der Waals surface area contributed by atoms with E-state index >= 15 is 0 Å². The molecule has 0 aliphatic heterocycles. The summed E-state index contributed by atoms with van der Waals surface area (Å²) in [5.74, 6) is 5.76. The van der Waals surface area contributed by atoms with E-state index in [1.807, 2.05) is 19.1 Å². The van der Waals surface area contributed by atoms with Gasteiger partial charge in [0, 0.05) is 11.3 Å². The molecule has 1 saturated carbocycles. The van der Waals surface area contributed by atoms with Crippen molar-refractivity contribution in [1.82, 2.24) is 0 Å². The highest BCUT2D eigenvalue weighted by molar-refractivity contribution is 7.93. The largest absolute Gasteiger partial charge is 0.320 e. The Bertz CT molecular complexity index is 636. The average Bonchev–Trinajstić information content (AvgIpc) is 2.92. The lowest BCUT2D eigenvalue weighted by Crippen LogP contribution is -2.25. The molecule has 1 fully saturated rings. The molecule has 2 rings (SSSR count). The molecule has 1 aliphatic carbocycles. The highest BCUT2D eigenvalue weighted by Crippen LogP contribution is 2.26. The predicted octanol–water partition coefficient (Wildman–Crippen LogP) is 1.99. The van der Waals surface area contributed by atoms with Crippen molar-refractivity contribution >= 4 is 15.7 Å². The number of benzene rings is 1. The molecule has 0 bridgehead atoms. The normalized spacial score (nSPS) is 15.7. The van der Waals surface area contributed by atoms with Crippen LogP contribution < -0.4 is 10.5 Å². The molecular formula is C15H20N2O2S. The summed E-state index contributed by atoms with van der Waals surface area (Å²) in [7, 11) is -3.27. The van der Waals surface area contributed by atoms with Crippen molar-refractivity contribution in [2.75, 3.05) is 11.3 Å². The molecule has 5 heteroatoms. The zero-order valence-corrected chi connectivity index (χ0v) is 12.5. The second-order valence-corrected chi connectivity index (χ2v) is 7.05. The lowest BCUT2D eigenvalue weighted by molar-refractivity contribution is 0.585. The van der Waals surface area contributed by atoms with Crippen LogP contribution >= 0.6 is 0 Å². The van der Waals surface area contributed by atoms with Gasteiger partial charge in [-0.05, 0) is 43.5 Å². The molecule has 0 spiro atoms. The molecule has 0 radical (unpaired) electrons. The van der Waals surface area contributed by atoms with Crippen molar-refractivity contribution in [3.05, 3.63) is 29.3 Å². The number of nitrogens with two attached hydrogens (primary N) is 1. The van der Waals surface area contributed by atoms with E-state index in [-0.39, 0.29) is 5.25 Å². The Hall–Kier alpha value is -1.51. The Balaban J connectivity index is 2.16. The second kappa shape index (κ2) is 6.29. The van der Waals surface area contributed by atoms with E-state index in [0.29, 0.717) is 12.2 Å². The van der Waals surface area contributed by atoms with Crippen LogP contribution in [0.3, 0.4) is 0 Å². The Morgan fingerprint density at radius 3 is 2.65 bits per heavy atom. The third kappa shape index (κ3) is 3.53. The molecule has 0 heterocycles. The molecule has 0 amide bonds. The third-order valence-corrected chi connectivity index (χ3v) is 5.42. The van der Waals surface area contributed by atoms with Gasteiger partial charge in [0.25, 0.3) is 0 Å². The van der Waals surface area contributed by atoms with Gasteiger partial charge in [0.05, 0.1) is 11.8 Å². The van der Waals surface area contributed by atoms with Crippen LogP contribution in [0.1, 0.15) is 36.8 Å². The van der Waals surface area contributed by atoms with Crippen molar-refractivity contribution in [3.8, 4) is 11.8 Å². The number of hydrogen-bond acceptors (Lipinski definition) is 3. The van der Waals surface area contributed by atoms with Crippen LogP contribution in [0.2, 0.25) is 0 Å². The predicted molar refractivity (Wildman–Crippen MR) is 81.9 cm³/mol. The standard InChI is InChI=1S/C15H20N2O2S/c1-12-11-14(9-8-13(12)5-4-10-16)17-20(18,19)15-6-2-3-7-15/h8-9,11,15,17H,2-3,6-7,10,16H2,1H3. The fourth-order valence-corrected chi connectivity index (χ4v) is 4.04. The smallest absolute Gasteiger partial charge is 0.235 e. The molecule has 0 aromatic heterocycles. The molecule has 20 heavy (non-hydrogen) atoms. The van der Waals surface area contributed by atoms with Gasteiger partial charge in [0.15, 0.2) is 0 Å². The van der Waals surface area contributed by atoms with Gasteiger partial charge in [0.1, 0.15) is 0 Å². The van der Waals surface area contributed by atoms with Crippen molar-refractivity contribution in [2.45, 2.75) is 37.9 Å². The quantitative estimate of drug-likeness (QED) is 0.837. The molecule has 1 aromatic carbocycles. The van der Waals surface area contributed by atoms with E-state index in [1.54, 1.807) is 6.07 Å². The van der Waals surface area contributed by atoms with Gasteiger partial charge in [0.2, 0.25) is 10.0 Å². The fraction of sp³-hybridized carbons (Fsp3) is 0.467. The zero-order valence-electron chi connectivity index (χ0n) is 11.6. The first kappa shape index (κ1) is 14.9. The Labute approximate surface area is 120 Å². The fourth-order valence-electron chi connectivity index (χ4n) is 2.46. The molecule has 0 atom stereocenters. The molecule has 4 nitrogen and oxygen atoms in total. The van der Waals surface area contributed by atoms with Crippen LogP contribution in [0, 0.1) is 18.8 Å². The first-order valence-corrected chi connectivity index (χ1v) is 8.39. The first-order chi connectivity index (χ1) is 9.53. The molecule has 3 N–H and O–H groups in total. The number of sulfonamides is 1. The Morgan fingerprint density at radius 1 is 1.35 bits per heavy atom. The maximum atomic E-state index is 12.2. The highest BCUT2D eigenvalue weighted by Gasteiger charge is 2.28. The van der Waals surface area contributed by atoms with Crippen molar-refractivity contribution in [3.63, 3.8) is 0 Å². The van der Waals surface area contributed by atoms with E-state index in [2.05, 4.69) is 16.6 Å². The van der Waals surface area contributed by atoms with E-state index in [0.717, 1.165) is 36.8 Å². The lowest BCUT2D eigenvalue weighted by Gasteiger charge is -2.14. The van der Waals surface area contributed by atoms with Gasteiger partial charge in [-0.25, -0.2) is 8.42 Å². The van der Waals surface area contributed by atoms with E-state index in [1.165, 1.54) is 0 Å². The minimum atomic E-state index is -3.27. The van der Waals surface area contributed by atoms with E-state index in [9.17, 15) is 8.42 Å². The summed E-state index contributed by atoms with van der Waals surface area (Å²) in [6.07, 6.45) is 3.51. The van der Waals surface area contributed by atoms with Crippen molar-refractivity contribution in [2.24, 2.45) is 5.73 Å². The van der Waals surface area contributed by atoms with Crippen LogP contribution in [0.4, 0.5) is 5.69 Å². The van der Waals surface area contributed by atoms with Gasteiger partial charge in [-0.15, -0.1) is 0 Å². The summed E-state index contributed by atoms with van der Waals surface area (Å²) in [5.41, 5.74) is 7.77. The number of rotatable bonds is 3. The van der Waals surface area contributed by atoms with Crippen LogP contribution in [-0.2, 0) is 10.0 Å². The highest BCUT2D eigenvalue weighted by atomic mass is 32.2. The van der Waals surface area contributed by atoms with Gasteiger partial charge in [-0.1, -0.05) is 24.7 Å². The lowest BCUT2D eigenvalue weighted by atomic mass is 10.1. The minimum absolute atomic E-state index is 0.250. The van der Waals surface area contributed by atoms with Crippen molar-refractivity contribution in [1.29, 1.82) is 0 Å². The van der Waals surface area contributed by atoms with Crippen molar-refractivity contribution < 1.29 is 8.42 Å². The number of anilines is 1.